The van der Waals surface area contributed by atoms with Crippen LogP contribution < -0.4 is 5.32 Å². The Morgan fingerprint density at radius 2 is 2.42 bits per heavy atom. The molecular weight excluding hydrogens is 152 g/mol. The van der Waals surface area contributed by atoms with Crippen molar-refractivity contribution in [1.29, 1.82) is 0 Å². The summed E-state index contributed by atoms with van der Waals surface area (Å²) in [6.07, 6.45) is 3.33. The van der Waals surface area contributed by atoms with Gasteiger partial charge in [-0.15, -0.1) is 0 Å². The summed E-state index contributed by atoms with van der Waals surface area (Å²) in [6.45, 7) is 5.55. The zero-order valence-corrected chi connectivity index (χ0v) is 7.45. The molecule has 3 atom stereocenters. The topological polar surface area (TPSA) is 38.1 Å². The fraction of sp³-hybridized carbons (Fsp3) is 0.667. The molecule has 1 aliphatic heterocycles. The van der Waals surface area contributed by atoms with Crippen LogP contribution in [0.5, 0.6) is 0 Å². The summed E-state index contributed by atoms with van der Waals surface area (Å²) in [5, 5.41) is 3.40. The molecular formula is C9H14N2O. The van der Waals surface area contributed by atoms with Gasteiger partial charge in [0.2, 0.25) is 5.89 Å². The molecule has 0 bridgehead atoms. The number of hydrogen-bond donors (Lipinski definition) is 1. The fourth-order valence-corrected chi connectivity index (χ4v) is 1.71. The first-order chi connectivity index (χ1) is 5.79. The van der Waals surface area contributed by atoms with Gasteiger partial charge >= 0.3 is 0 Å². The number of nitrogens with one attached hydrogen (secondary N) is 1. The summed E-state index contributed by atoms with van der Waals surface area (Å²) < 4.78 is 5.26. The van der Waals surface area contributed by atoms with E-state index in [0.717, 1.165) is 12.4 Å². The Kier molecular flexibility index (Phi) is 1.89. The van der Waals surface area contributed by atoms with Gasteiger partial charge in [-0.2, -0.15) is 0 Å². The zero-order valence-electron chi connectivity index (χ0n) is 7.45. The molecule has 3 heteroatoms. The second kappa shape index (κ2) is 2.90. The van der Waals surface area contributed by atoms with Gasteiger partial charge in [-0.1, -0.05) is 13.8 Å². The van der Waals surface area contributed by atoms with E-state index < -0.39 is 0 Å². The molecule has 66 valence electrons. The molecule has 0 radical (unpaired) electrons. The molecule has 1 aromatic rings. The Bertz CT molecular complexity index is 245. The van der Waals surface area contributed by atoms with Gasteiger partial charge in [0.1, 0.15) is 6.26 Å². The van der Waals surface area contributed by atoms with Gasteiger partial charge in [0.15, 0.2) is 0 Å². The summed E-state index contributed by atoms with van der Waals surface area (Å²) in [7, 11) is 0. The van der Waals surface area contributed by atoms with E-state index >= 15 is 0 Å². The van der Waals surface area contributed by atoms with E-state index in [-0.39, 0.29) is 0 Å². The maximum atomic E-state index is 5.26. The van der Waals surface area contributed by atoms with E-state index in [1.165, 1.54) is 0 Å². The lowest BCUT2D eigenvalue weighted by Crippen LogP contribution is -2.16. The van der Waals surface area contributed by atoms with Crippen molar-refractivity contribution in [2.75, 3.05) is 6.54 Å². The first kappa shape index (κ1) is 7.80. The summed E-state index contributed by atoms with van der Waals surface area (Å²) in [5.41, 5.74) is 0. The lowest BCUT2D eigenvalue weighted by molar-refractivity contribution is 0.352. The third-order valence-electron chi connectivity index (χ3n) is 2.80. The van der Waals surface area contributed by atoms with E-state index in [1.807, 2.05) is 0 Å². The van der Waals surface area contributed by atoms with E-state index in [4.69, 9.17) is 4.42 Å². The van der Waals surface area contributed by atoms with Gasteiger partial charge < -0.3 is 9.73 Å². The Labute approximate surface area is 72.2 Å². The molecule has 3 unspecified atom stereocenters. The van der Waals surface area contributed by atoms with Crippen molar-refractivity contribution in [3.05, 3.63) is 18.4 Å². The van der Waals surface area contributed by atoms with Crippen molar-refractivity contribution < 1.29 is 4.42 Å². The first-order valence-corrected chi connectivity index (χ1v) is 4.42. The Balaban J connectivity index is 2.16. The van der Waals surface area contributed by atoms with Gasteiger partial charge in [0.05, 0.1) is 12.2 Å². The molecule has 3 nitrogen and oxygen atoms in total. The lowest BCUT2D eigenvalue weighted by atomic mass is 9.94. The minimum Gasteiger partial charge on any atom is -0.447 e. The van der Waals surface area contributed by atoms with Crippen LogP contribution in [0, 0.1) is 11.8 Å². The van der Waals surface area contributed by atoms with E-state index in [2.05, 4.69) is 24.1 Å². The molecule has 1 fully saturated rings. The maximum absolute atomic E-state index is 5.26. The molecule has 0 aliphatic carbocycles. The van der Waals surface area contributed by atoms with Gasteiger partial charge in [-0.05, 0) is 18.4 Å². The molecule has 0 amide bonds. The van der Waals surface area contributed by atoms with Crippen molar-refractivity contribution in [2.24, 2.45) is 11.8 Å². The molecule has 0 aromatic carbocycles. The highest BCUT2D eigenvalue weighted by molar-refractivity contribution is 4.98. The summed E-state index contributed by atoms with van der Waals surface area (Å²) in [6, 6.07) is 0.315. The van der Waals surface area contributed by atoms with Crippen molar-refractivity contribution in [1.82, 2.24) is 10.3 Å². The van der Waals surface area contributed by atoms with Gasteiger partial charge in [-0.25, -0.2) is 4.98 Å². The minimum absolute atomic E-state index is 0.315. The van der Waals surface area contributed by atoms with Gasteiger partial charge in [-0.3, -0.25) is 0 Å². The zero-order chi connectivity index (χ0) is 8.55. The van der Waals surface area contributed by atoms with Gasteiger partial charge in [0.25, 0.3) is 0 Å². The number of oxazole rings is 1. The van der Waals surface area contributed by atoms with Crippen molar-refractivity contribution in [3.8, 4) is 0 Å². The third kappa shape index (κ3) is 1.14. The molecule has 1 aromatic heterocycles. The summed E-state index contributed by atoms with van der Waals surface area (Å²) >= 11 is 0. The normalized spacial score (nSPS) is 35.7. The van der Waals surface area contributed by atoms with Crippen LogP contribution in [0.4, 0.5) is 0 Å². The molecule has 1 N–H and O–H groups in total. The largest absolute Gasteiger partial charge is 0.447 e. The molecule has 0 saturated carbocycles. The fourth-order valence-electron chi connectivity index (χ4n) is 1.71. The number of aromatic nitrogens is 1. The van der Waals surface area contributed by atoms with Crippen molar-refractivity contribution >= 4 is 0 Å². The SMILES string of the molecule is CC1CNC(c2ncco2)C1C. The summed E-state index contributed by atoms with van der Waals surface area (Å²) in [5.74, 6) is 2.15. The third-order valence-corrected chi connectivity index (χ3v) is 2.80. The number of hydrogen-bond acceptors (Lipinski definition) is 3. The Hall–Kier alpha value is -0.830. The second-order valence-corrected chi connectivity index (χ2v) is 3.59. The van der Waals surface area contributed by atoms with Crippen LogP contribution >= 0.6 is 0 Å². The molecule has 1 aliphatic rings. The monoisotopic (exact) mass is 166 g/mol. The number of rotatable bonds is 1. The molecule has 12 heavy (non-hydrogen) atoms. The highest BCUT2D eigenvalue weighted by atomic mass is 16.3. The Morgan fingerprint density at radius 3 is 2.92 bits per heavy atom. The summed E-state index contributed by atoms with van der Waals surface area (Å²) in [4.78, 5) is 4.15. The van der Waals surface area contributed by atoms with Crippen LogP contribution in [-0.4, -0.2) is 11.5 Å². The highest BCUT2D eigenvalue weighted by Gasteiger charge is 2.32. The van der Waals surface area contributed by atoms with Crippen molar-refractivity contribution in [3.63, 3.8) is 0 Å². The quantitative estimate of drug-likeness (QED) is 0.688. The van der Waals surface area contributed by atoms with E-state index in [1.54, 1.807) is 12.5 Å². The lowest BCUT2D eigenvalue weighted by Gasteiger charge is -2.13. The Morgan fingerprint density at radius 1 is 1.58 bits per heavy atom. The first-order valence-electron chi connectivity index (χ1n) is 4.42. The second-order valence-electron chi connectivity index (χ2n) is 3.59. The average molecular weight is 166 g/mol. The van der Waals surface area contributed by atoms with Crippen molar-refractivity contribution in [2.45, 2.75) is 19.9 Å². The van der Waals surface area contributed by atoms with E-state index in [9.17, 15) is 0 Å². The van der Waals surface area contributed by atoms with E-state index in [0.29, 0.717) is 17.9 Å². The van der Waals surface area contributed by atoms with Crippen LogP contribution in [0.1, 0.15) is 25.8 Å². The van der Waals surface area contributed by atoms with Crippen LogP contribution in [0.3, 0.4) is 0 Å². The molecule has 1 saturated heterocycles. The minimum atomic E-state index is 0.315. The predicted octanol–water partition coefficient (Wildman–Crippen LogP) is 1.59. The maximum Gasteiger partial charge on any atom is 0.211 e. The van der Waals surface area contributed by atoms with Crippen LogP contribution in [0.2, 0.25) is 0 Å². The highest BCUT2D eigenvalue weighted by Crippen LogP contribution is 2.31. The average Bonchev–Trinajstić information content (AvgIpc) is 2.64. The molecule has 2 heterocycles. The smallest absolute Gasteiger partial charge is 0.211 e. The molecule has 0 spiro atoms. The van der Waals surface area contributed by atoms with Crippen LogP contribution in [0.15, 0.2) is 16.9 Å². The predicted molar refractivity (Wildman–Crippen MR) is 45.6 cm³/mol. The molecule has 2 rings (SSSR count). The van der Waals surface area contributed by atoms with Gasteiger partial charge in [0, 0.05) is 0 Å². The van der Waals surface area contributed by atoms with Crippen LogP contribution in [0.25, 0.3) is 0 Å². The standard InChI is InChI=1S/C9H14N2O/c1-6-5-11-8(7(6)2)9-10-3-4-12-9/h3-4,6-8,11H,5H2,1-2H3. The number of nitrogens with zero attached hydrogens (tertiary/aromatic N) is 1. The van der Waals surface area contributed by atoms with Crippen LogP contribution in [-0.2, 0) is 0 Å².